The monoisotopic (exact) mass is 288 g/mol. The average molecular weight is 288 g/mol. The van der Waals surface area contributed by atoms with Crippen LogP contribution in [0.15, 0.2) is 16.3 Å². The summed E-state index contributed by atoms with van der Waals surface area (Å²) in [5.41, 5.74) is 0. The molecule has 0 saturated heterocycles. The van der Waals surface area contributed by atoms with Gasteiger partial charge in [-0.3, -0.25) is 0 Å². The van der Waals surface area contributed by atoms with Gasteiger partial charge in [-0.1, -0.05) is 13.8 Å². The molecule has 1 aliphatic rings. The largest absolute Gasteiger partial charge is 0.312 e. The number of hydrogen-bond donors (Lipinski definition) is 2. The summed E-state index contributed by atoms with van der Waals surface area (Å²) in [5.74, 6) is 0.472. The predicted molar refractivity (Wildman–Crippen MR) is 74.2 cm³/mol. The summed E-state index contributed by atoms with van der Waals surface area (Å²) in [7, 11) is -3.33. The van der Waals surface area contributed by atoms with E-state index in [2.05, 4.69) is 23.9 Å². The molecule has 0 spiro atoms. The second-order valence-corrected chi connectivity index (χ2v) is 7.51. The molecule has 1 aliphatic carbocycles. The van der Waals surface area contributed by atoms with Gasteiger partial charge in [0.15, 0.2) is 0 Å². The van der Waals surface area contributed by atoms with Crippen molar-refractivity contribution in [3.05, 3.63) is 16.3 Å². The van der Waals surface area contributed by atoms with Crippen LogP contribution in [-0.2, 0) is 16.6 Å². The van der Waals surface area contributed by atoms with E-state index in [0.717, 1.165) is 24.3 Å². The summed E-state index contributed by atoms with van der Waals surface area (Å²) in [6, 6.07) is 1.83. The average Bonchev–Trinajstić information content (AvgIpc) is 2.81. The molecule has 1 fully saturated rings. The van der Waals surface area contributed by atoms with E-state index in [1.807, 2.05) is 5.38 Å². The highest BCUT2D eigenvalue weighted by atomic mass is 32.2. The molecular weight excluding hydrogens is 268 g/mol. The fourth-order valence-electron chi connectivity index (χ4n) is 1.82. The first-order chi connectivity index (χ1) is 8.54. The third-order valence-electron chi connectivity index (χ3n) is 3.12. The molecule has 0 aliphatic heterocycles. The molecule has 2 unspecified atom stereocenters. The van der Waals surface area contributed by atoms with Crippen LogP contribution in [0.2, 0.25) is 0 Å². The van der Waals surface area contributed by atoms with Crippen LogP contribution in [0.4, 0.5) is 0 Å². The zero-order valence-corrected chi connectivity index (χ0v) is 12.4. The van der Waals surface area contributed by atoms with Crippen LogP contribution < -0.4 is 10.0 Å². The van der Waals surface area contributed by atoms with Crippen LogP contribution >= 0.6 is 11.3 Å². The van der Waals surface area contributed by atoms with Crippen molar-refractivity contribution in [1.29, 1.82) is 0 Å². The van der Waals surface area contributed by atoms with Crippen LogP contribution in [0, 0.1) is 5.92 Å². The molecule has 2 atom stereocenters. The standard InChI is InChI=1S/C12H20N2O2S2/c1-3-5-13-8-11-12(4-6-17-11)18(15,16)14-10-7-9(10)2/h4,6,9-10,13-14H,3,5,7-8H2,1-2H3. The van der Waals surface area contributed by atoms with Crippen molar-refractivity contribution in [3.63, 3.8) is 0 Å². The maximum Gasteiger partial charge on any atom is 0.241 e. The van der Waals surface area contributed by atoms with Gasteiger partial charge in [0.25, 0.3) is 0 Å². The van der Waals surface area contributed by atoms with E-state index in [4.69, 9.17) is 0 Å². The van der Waals surface area contributed by atoms with Crippen LogP contribution in [0.1, 0.15) is 31.6 Å². The molecule has 4 nitrogen and oxygen atoms in total. The fraction of sp³-hybridized carbons (Fsp3) is 0.667. The lowest BCUT2D eigenvalue weighted by molar-refractivity contribution is 0.576. The summed E-state index contributed by atoms with van der Waals surface area (Å²) in [6.45, 7) is 5.69. The first-order valence-electron chi connectivity index (χ1n) is 6.34. The summed E-state index contributed by atoms with van der Waals surface area (Å²) in [6.07, 6.45) is 2.00. The van der Waals surface area contributed by atoms with Crippen molar-refractivity contribution in [2.45, 2.75) is 44.2 Å². The second-order valence-electron chi connectivity index (χ2n) is 4.83. The Kier molecular flexibility index (Phi) is 4.42. The summed E-state index contributed by atoms with van der Waals surface area (Å²) in [4.78, 5) is 1.33. The molecule has 0 bridgehead atoms. The number of sulfonamides is 1. The van der Waals surface area contributed by atoms with Gasteiger partial charge >= 0.3 is 0 Å². The molecule has 2 rings (SSSR count). The highest BCUT2D eigenvalue weighted by Gasteiger charge is 2.37. The van der Waals surface area contributed by atoms with Gasteiger partial charge in [0.05, 0.1) is 4.90 Å². The highest BCUT2D eigenvalue weighted by Crippen LogP contribution is 2.31. The van der Waals surface area contributed by atoms with Gasteiger partial charge in [-0.2, -0.15) is 0 Å². The van der Waals surface area contributed by atoms with Gasteiger partial charge < -0.3 is 5.32 Å². The summed E-state index contributed by atoms with van der Waals surface area (Å²) < 4.78 is 27.2. The summed E-state index contributed by atoms with van der Waals surface area (Å²) in [5, 5.41) is 5.09. The van der Waals surface area contributed by atoms with E-state index >= 15 is 0 Å². The zero-order valence-electron chi connectivity index (χ0n) is 10.8. The fourth-order valence-corrected chi connectivity index (χ4v) is 4.60. The number of hydrogen-bond acceptors (Lipinski definition) is 4. The normalized spacial score (nSPS) is 23.2. The predicted octanol–water partition coefficient (Wildman–Crippen LogP) is 1.93. The Bertz CT molecular complexity index is 496. The van der Waals surface area contributed by atoms with Crippen LogP contribution in [0.25, 0.3) is 0 Å². The Hall–Kier alpha value is -0.430. The zero-order chi connectivity index (χ0) is 13.2. The molecule has 1 saturated carbocycles. The Morgan fingerprint density at radius 1 is 1.50 bits per heavy atom. The molecular formula is C12H20N2O2S2. The van der Waals surface area contributed by atoms with Crippen molar-refractivity contribution >= 4 is 21.4 Å². The van der Waals surface area contributed by atoms with Crippen molar-refractivity contribution in [2.24, 2.45) is 5.92 Å². The van der Waals surface area contributed by atoms with Crippen molar-refractivity contribution in [3.8, 4) is 0 Å². The third-order valence-corrected chi connectivity index (χ3v) is 5.75. The first kappa shape index (κ1) is 14.0. The third kappa shape index (κ3) is 3.32. The molecule has 0 aromatic carbocycles. The molecule has 6 heteroatoms. The molecule has 1 aromatic rings. The van der Waals surface area contributed by atoms with Gasteiger partial charge in [-0.25, -0.2) is 13.1 Å². The van der Waals surface area contributed by atoms with Gasteiger partial charge in [-0.05, 0) is 36.8 Å². The van der Waals surface area contributed by atoms with Crippen LogP contribution in [-0.4, -0.2) is 21.0 Å². The maximum absolute atomic E-state index is 12.2. The minimum absolute atomic E-state index is 0.131. The molecule has 1 heterocycles. The van der Waals surface area contributed by atoms with E-state index in [-0.39, 0.29) is 6.04 Å². The Balaban J connectivity index is 2.05. The molecule has 18 heavy (non-hydrogen) atoms. The maximum atomic E-state index is 12.2. The number of nitrogens with one attached hydrogen (secondary N) is 2. The SMILES string of the molecule is CCCNCc1sccc1S(=O)(=O)NC1CC1C. The van der Waals surface area contributed by atoms with Crippen LogP contribution in [0.3, 0.4) is 0 Å². The minimum Gasteiger partial charge on any atom is -0.312 e. The van der Waals surface area contributed by atoms with E-state index in [1.165, 1.54) is 11.3 Å². The van der Waals surface area contributed by atoms with E-state index in [1.54, 1.807) is 6.07 Å². The second kappa shape index (κ2) is 5.69. The molecule has 1 aromatic heterocycles. The molecule has 0 amide bonds. The quantitative estimate of drug-likeness (QED) is 0.754. The molecule has 102 valence electrons. The minimum atomic E-state index is -3.33. The van der Waals surface area contributed by atoms with Gasteiger partial charge in [0, 0.05) is 17.5 Å². The number of thiophene rings is 1. The van der Waals surface area contributed by atoms with Crippen LogP contribution in [0.5, 0.6) is 0 Å². The van der Waals surface area contributed by atoms with E-state index in [0.29, 0.717) is 17.4 Å². The lowest BCUT2D eigenvalue weighted by atomic mass is 10.4. The first-order valence-corrected chi connectivity index (χ1v) is 8.70. The Morgan fingerprint density at radius 2 is 2.22 bits per heavy atom. The Labute approximate surface area is 113 Å². The van der Waals surface area contributed by atoms with Crippen molar-refractivity contribution < 1.29 is 8.42 Å². The van der Waals surface area contributed by atoms with E-state index in [9.17, 15) is 8.42 Å². The van der Waals surface area contributed by atoms with Gasteiger partial charge in [-0.15, -0.1) is 11.3 Å². The van der Waals surface area contributed by atoms with E-state index < -0.39 is 10.0 Å². The van der Waals surface area contributed by atoms with Crippen molar-refractivity contribution in [2.75, 3.05) is 6.54 Å². The van der Waals surface area contributed by atoms with Gasteiger partial charge in [0.1, 0.15) is 0 Å². The smallest absolute Gasteiger partial charge is 0.241 e. The number of rotatable bonds is 7. The molecule has 0 radical (unpaired) electrons. The lowest BCUT2D eigenvalue weighted by Crippen LogP contribution is -2.27. The Morgan fingerprint density at radius 3 is 2.83 bits per heavy atom. The highest BCUT2D eigenvalue weighted by molar-refractivity contribution is 7.89. The lowest BCUT2D eigenvalue weighted by Gasteiger charge is -2.07. The van der Waals surface area contributed by atoms with Gasteiger partial charge in [0.2, 0.25) is 10.0 Å². The molecule has 2 N–H and O–H groups in total. The topological polar surface area (TPSA) is 58.2 Å². The van der Waals surface area contributed by atoms with Crippen molar-refractivity contribution in [1.82, 2.24) is 10.0 Å². The summed E-state index contributed by atoms with van der Waals surface area (Å²) >= 11 is 1.49.